The van der Waals surface area contributed by atoms with Gasteiger partial charge in [0.1, 0.15) is 11.6 Å². The molecule has 1 saturated heterocycles. The third-order valence-electron chi connectivity index (χ3n) is 3.56. The van der Waals surface area contributed by atoms with Gasteiger partial charge in [0, 0.05) is 18.4 Å². The number of aromatic nitrogens is 1. The van der Waals surface area contributed by atoms with Crippen LogP contribution in [0.1, 0.15) is 23.8 Å². The monoisotopic (exact) mass is 293 g/mol. The number of pyridine rings is 1. The number of hydrogen-bond acceptors (Lipinski definition) is 5. The van der Waals surface area contributed by atoms with Crippen LogP contribution in [0, 0.1) is 5.92 Å². The highest BCUT2D eigenvalue weighted by Gasteiger charge is 2.38. The molecule has 7 heteroatoms. The van der Waals surface area contributed by atoms with E-state index in [4.69, 9.17) is 10.5 Å². The maximum Gasteiger partial charge on any atom is 0.311 e. The van der Waals surface area contributed by atoms with Gasteiger partial charge in [-0.3, -0.25) is 14.6 Å². The van der Waals surface area contributed by atoms with E-state index in [1.165, 1.54) is 6.20 Å². The van der Waals surface area contributed by atoms with E-state index in [0.717, 1.165) is 12.1 Å². The Morgan fingerprint density at radius 2 is 2.29 bits per heavy atom. The maximum absolute atomic E-state index is 11.3. The number of carbonyl (C=O) groups is 2. The van der Waals surface area contributed by atoms with Crippen LogP contribution in [0.3, 0.4) is 0 Å². The van der Waals surface area contributed by atoms with Crippen molar-refractivity contribution in [1.82, 2.24) is 4.98 Å². The summed E-state index contributed by atoms with van der Waals surface area (Å²) >= 11 is 0. The Morgan fingerprint density at radius 1 is 1.52 bits per heavy atom. The Morgan fingerprint density at radius 3 is 2.90 bits per heavy atom. The van der Waals surface area contributed by atoms with Crippen molar-refractivity contribution in [2.75, 3.05) is 24.7 Å². The fraction of sp³-hybridized carbons (Fsp3) is 0.500. The van der Waals surface area contributed by atoms with Crippen LogP contribution in [0.4, 0.5) is 5.69 Å². The summed E-state index contributed by atoms with van der Waals surface area (Å²) in [7, 11) is 0. The molecule has 7 nitrogen and oxygen atoms in total. The molecule has 1 aliphatic rings. The second-order valence-corrected chi connectivity index (χ2v) is 5.01. The third kappa shape index (κ3) is 3.30. The topological polar surface area (TPSA) is 106 Å². The number of rotatable bonds is 6. The summed E-state index contributed by atoms with van der Waals surface area (Å²) in [5.74, 6) is -2.06. The fourth-order valence-electron chi connectivity index (χ4n) is 2.55. The fourth-order valence-corrected chi connectivity index (χ4v) is 2.55. The molecule has 114 valence electrons. The highest BCUT2D eigenvalue weighted by molar-refractivity contribution is 5.91. The summed E-state index contributed by atoms with van der Waals surface area (Å²) in [5, 5.41) is 9.30. The summed E-state index contributed by atoms with van der Waals surface area (Å²) in [6.45, 7) is 3.23. The van der Waals surface area contributed by atoms with Crippen LogP contribution in [0.5, 0.6) is 0 Å². The molecule has 1 aromatic rings. The van der Waals surface area contributed by atoms with Gasteiger partial charge in [0.25, 0.3) is 5.91 Å². The summed E-state index contributed by atoms with van der Waals surface area (Å²) < 4.78 is 5.33. The number of carboxylic acid groups (broad SMARTS) is 1. The van der Waals surface area contributed by atoms with Crippen LogP contribution >= 0.6 is 0 Å². The molecule has 2 unspecified atom stereocenters. The van der Waals surface area contributed by atoms with E-state index < -0.39 is 17.8 Å². The number of anilines is 1. The molecule has 1 aromatic heterocycles. The average molecular weight is 293 g/mol. The predicted octanol–water partition coefficient (Wildman–Crippen LogP) is 0.497. The van der Waals surface area contributed by atoms with E-state index in [2.05, 4.69) is 4.98 Å². The van der Waals surface area contributed by atoms with Gasteiger partial charge in [-0.25, -0.2) is 0 Å². The van der Waals surface area contributed by atoms with Crippen molar-refractivity contribution >= 4 is 17.6 Å². The van der Waals surface area contributed by atoms with Crippen LogP contribution in [0.15, 0.2) is 18.3 Å². The van der Waals surface area contributed by atoms with E-state index in [9.17, 15) is 14.7 Å². The largest absolute Gasteiger partial charge is 0.481 e. The average Bonchev–Trinajstić information content (AvgIpc) is 2.94. The number of hydrogen-bond donors (Lipinski definition) is 2. The number of ether oxygens (including phenoxy) is 1. The molecular weight excluding hydrogens is 274 g/mol. The van der Waals surface area contributed by atoms with E-state index >= 15 is 0 Å². The number of nitrogens with zero attached hydrogens (tertiary/aromatic N) is 2. The Labute approximate surface area is 122 Å². The quantitative estimate of drug-likeness (QED) is 0.791. The normalized spacial score (nSPS) is 21.2. The number of carbonyl (C=O) groups excluding carboxylic acids is 1. The minimum Gasteiger partial charge on any atom is -0.481 e. The van der Waals surface area contributed by atoms with Crippen LogP contribution in [0.2, 0.25) is 0 Å². The first kappa shape index (κ1) is 15.2. The van der Waals surface area contributed by atoms with Crippen molar-refractivity contribution in [2.24, 2.45) is 11.7 Å². The summed E-state index contributed by atoms with van der Waals surface area (Å²) in [6, 6.07) is 3.08. The molecular formula is C14H19N3O4. The standard InChI is InChI=1S/C14H19N3O4/c1-2-5-17(12-8-21-7-10(12)14(19)20)9-3-4-16-11(6-9)13(15)18/h3-4,6,10,12H,2,5,7-8H2,1H3,(H2,15,18)(H,19,20). The van der Waals surface area contributed by atoms with Crippen molar-refractivity contribution in [3.63, 3.8) is 0 Å². The van der Waals surface area contributed by atoms with Gasteiger partial charge in [0.15, 0.2) is 0 Å². The number of nitrogens with two attached hydrogens (primary N) is 1. The molecule has 1 amide bonds. The third-order valence-corrected chi connectivity index (χ3v) is 3.56. The summed E-state index contributed by atoms with van der Waals surface area (Å²) in [6.07, 6.45) is 2.35. The molecule has 0 radical (unpaired) electrons. The van der Waals surface area contributed by atoms with Crippen LogP contribution in [-0.4, -0.2) is 47.8 Å². The van der Waals surface area contributed by atoms with Gasteiger partial charge in [-0.05, 0) is 18.6 Å². The van der Waals surface area contributed by atoms with E-state index in [1.807, 2.05) is 11.8 Å². The first-order chi connectivity index (χ1) is 10.0. The number of carboxylic acids is 1. The van der Waals surface area contributed by atoms with E-state index in [0.29, 0.717) is 13.2 Å². The van der Waals surface area contributed by atoms with Gasteiger partial charge in [0.2, 0.25) is 0 Å². The number of amides is 1. The molecule has 0 aromatic carbocycles. The zero-order valence-electron chi connectivity index (χ0n) is 11.9. The van der Waals surface area contributed by atoms with Crippen molar-refractivity contribution in [3.8, 4) is 0 Å². The van der Waals surface area contributed by atoms with Gasteiger partial charge in [0.05, 0.1) is 19.3 Å². The zero-order chi connectivity index (χ0) is 15.4. The van der Waals surface area contributed by atoms with E-state index in [1.54, 1.807) is 12.1 Å². The highest BCUT2D eigenvalue weighted by Crippen LogP contribution is 2.26. The molecule has 0 aliphatic carbocycles. The minimum absolute atomic E-state index is 0.166. The Balaban J connectivity index is 2.32. The van der Waals surface area contributed by atoms with Gasteiger partial charge in [-0.15, -0.1) is 0 Å². The van der Waals surface area contributed by atoms with Crippen molar-refractivity contribution in [3.05, 3.63) is 24.0 Å². The molecule has 1 aliphatic heterocycles. The molecule has 2 rings (SSSR count). The predicted molar refractivity (Wildman–Crippen MR) is 76.1 cm³/mol. The summed E-state index contributed by atoms with van der Waals surface area (Å²) in [5.41, 5.74) is 6.15. The SMILES string of the molecule is CCCN(c1ccnc(C(N)=O)c1)C1COCC1C(=O)O. The number of aliphatic carboxylic acids is 1. The van der Waals surface area contributed by atoms with Crippen molar-refractivity contribution in [1.29, 1.82) is 0 Å². The second-order valence-electron chi connectivity index (χ2n) is 5.01. The molecule has 21 heavy (non-hydrogen) atoms. The molecule has 0 saturated carbocycles. The van der Waals surface area contributed by atoms with Crippen molar-refractivity contribution in [2.45, 2.75) is 19.4 Å². The Kier molecular flexibility index (Phi) is 4.74. The number of primary amides is 1. The second kappa shape index (κ2) is 6.53. The minimum atomic E-state index is -0.872. The lowest BCUT2D eigenvalue weighted by atomic mass is 10.0. The smallest absolute Gasteiger partial charge is 0.311 e. The highest BCUT2D eigenvalue weighted by atomic mass is 16.5. The molecule has 0 bridgehead atoms. The zero-order valence-corrected chi connectivity index (χ0v) is 11.9. The molecule has 2 heterocycles. The first-order valence-corrected chi connectivity index (χ1v) is 6.87. The van der Waals surface area contributed by atoms with Gasteiger partial charge >= 0.3 is 5.97 Å². The Bertz CT molecular complexity index is 535. The maximum atomic E-state index is 11.3. The molecule has 3 N–H and O–H groups in total. The molecule has 0 spiro atoms. The van der Waals surface area contributed by atoms with E-state index in [-0.39, 0.29) is 18.3 Å². The van der Waals surface area contributed by atoms with Crippen LogP contribution < -0.4 is 10.6 Å². The van der Waals surface area contributed by atoms with Gasteiger partial charge < -0.3 is 20.5 Å². The summed E-state index contributed by atoms with van der Waals surface area (Å²) in [4.78, 5) is 28.5. The van der Waals surface area contributed by atoms with Crippen molar-refractivity contribution < 1.29 is 19.4 Å². The van der Waals surface area contributed by atoms with Crippen LogP contribution in [-0.2, 0) is 9.53 Å². The Hall–Kier alpha value is -2.15. The first-order valence-electron chi connectivity index (χ1n) is 6.87. The lowest BCUT2D eigenvalue weighted by molar-refractivity contribution is -0.142. The lowest BCUT2D eigenvalue weighted by Gasteiger charge is -2.32. The van der Waals surface area contributed by atoms with Gasteiger partial charge in [-0.2, -0.15) is 0 Å². The van der Waals surface area contributed by atoms with Gasteiger partial charge in [-0.1, -0.05) is 6.92 Å². The molecule has 2 atom stereocenters. The lowest BCUT2D eigenvalue weighted by Crippen LogP contribution is -2.44. The van der Waals surface area contributed by atoms with Crippen LogP contribution in [0.25, 0.3) is 0 Å². The molecule has 1 fully saturated rings.